The molecule has 0 saturated carbocycles. The van der Waals surface area contributed by atoms with Crippen LogP contribution in [0.4, 0.5) is 17.1 Å². The molecule has 22 heavy (non-hydrogen) atoms. The van der Waals surface area contributed by atoms with Gasteiger partial charge in [0.2, 0.25) is 0 Å². The Labute approximate surface area is 145 Å². The van der Waals surface area contributed by atoms with E-state index in [1.807, 2.05) is 36.4 Å². The molecule has 0 fully saturated rings. The van der Waals surface area contributed by atoms with Crippen LogP contribution in [0.15, 0.2) is 53.0 Å². The molecule has 2 N–H and O–H groups in total. The molecular formula is C17H20BrN3S. The number of nitrogens with zero attached hydrogens (tertiary/aromatic N) is 1. The number of hydrogen-bond acceptors (Lipinski definition) is 2. The number of anilines is 3. The summed E-state index contributed by atoms with van der Waals surface area (Å²) in [5.74, 6) is 0. The Morgan fingerprint density at radius 2 is 1.36 bits per heavy atom. The smallest absolute Gasteiger partial charge is 0.175 e. The standard InChI is InChI=1S/C17H20BrN3S/c1-3-21(4-2)16-11-9-15(10-12-16)20-17(22)19-14-7-5-13(18)6-8-14/h5-12H,3-4H2,1-2H3,(H2,19,20,22). The van der Waals surface area contributed by atoms with Crippen molar-refractivity contribution in [2.24, 2.45) is 0 Å². The van der Waals surface area contributed by atoms with E-state index >= 15 is 0 Å². The van der Waals surface area contributed by atoms with Crippen molar-refractivity contribution in [3.63, 3.8) is 0 Å². The van der Waals surface area contributed by atoms with E-state index in [0.717, 1.165) is 28.9 Å². The molecule has 0 spiro atoms. The zero-order valence-electron chi connectivity index (χ0n) is 12.8. The molecule has 0 radical (unpaired) electrons. The molecule has 0 unspecified atom stereocenters. The van der Waals surface area contributed by atoms with E-state index < -0.39 is 0 Å². The normalized spacial score (nSPS) is 10.1. The van der Waals surface area contributed by atoms with Gasteiger partial charge in [0, 0.05) is 34.6 Å². The van der Waals surface area contributed by atoms with Crippen LogP contribution in [0.25, 0.3) is 0 Å². The molecule has 0 aliphatic heterocycles. The molecule has 2 aromatic carbocycles. The quantitative estimate of drug-likeness (QED) is 0.708. The van der Waals surface area contributed by atoms with Gasteiger partial charge in [-0.2, -0.15) is 0 Å². The maximum absolute atomic E-state index is 5.34. The highest BCUT2D eigenvalue weighted by molar-refractivity contribution is 9.10. The molecular weight excluding hydrogens is 358 g/mol. The Balaban J connectivity index is 1.95. The van der Waals surface area contributed by atoms with E-state index in [0.29, 0.717) is 5.11 Å². The Hall–Kier alpha value is -1.59. The molecule has 5 heteroatoms. The van der Waals surface area contributed by atoms with Gasteiger partial charge in [-0.25, -0.2) is 0 Å². The first-order valence-electron chi connectivity index (χ1n) is 7.31. The third kappa shape index (κ3) is 4.71. The van der Waals surface area contributed by atoms with E-state index in [2.05, 4.69) is 57.4 Å². The van der Waals surface area contributed by atoms with Crippen molar-refractivity contribution in [1.82, 2.24) is 0 Å². The van der Waals surface area contributed by atoms with Gasteiger partial charge in [0.1, 0.15) is 0 Å². The van der Waals surface area contributed by atoms with Gasteiger partial charge in [-0.05, 0) is 74.6 Å². The number of rotatable bonds is 5. The highest BCUT2D eigenvalue weighted by atomic mass is 79.9. The first-order valence-corrected chi connectivity index (χ1v) is 8.51. The van der Waals surface area contributed by atoms with Crippen molar-refractivity contribution < 1.29 is 0 Å². The second-order valence-corrected chi connectivity index (χ2v) is 6.13. The fourth-order valence-electron chi connectivity index (χ4n) is 2.17. The molecule has 2 aromatic rings. The molecule has 0 aliphatic rings. The fourth-order valence-corrected chi connectivity index (χ4v) is 2.67. The van der Waals surface area contributed by atoms with Crippen LogP contribution in [0.2, 0.25) is 0 Å². The van der Waals surface area contributed by atoms with Crippen molar-refractivity contribution in [3.8, 4) is 0 Å². The van der Waals surface area contributed by atoms with Crippen LogP contribution in [0.5, 0.6) is 0 Å². The monoisotopic (exact) mass is 377 g/mol. The van der Waals surface area contributed by atoms with Crippen molar-refractivity contribution in [2.75, 3.05) is 28.6 Å². The Bertz CT molecular complexity index is 607. The summed E-state index contributed by atoms with van der Waals surface area (Å²) in [5.41, 5.74) is 3.16. The van der Waals surface area contributed by atoms with Crippen LogP contribution in [-0.4, -0.2) is 18.2 Å². The minimum atomic E-state index is 0.581. The number of nitrogens with one attached hydrogen (secondary N) is 2. The fraction of sp³-hybridized carbons (Fsp3) is 0.235. The van der Waals surface area contributed by atoms with E-state index in [1.165, 1.54) is 5.69 Å². The molecule has 0 aromatic heterocycles. The Morgan fingerprint density at radius 1 is 0.909 bits per heavy atom. The first kappa shape index (κ1) is 16.8. The molecule has 0 saturated heterocycles. The van der Waals surface area contributed by atoms with Crippen LogP contribution in [0, 0.1) is 0 Å². The average molecular weight is 378 g/mol. The zero-order chi connectivity index (χ0) is 15.9. The summed E-state index contributed by atoms with van der Waals surface area (Å²) in [5, 5.41) is 6.95. The predicted octanol–water partition coefficient (Wildman–Crippen LogP) is 5.10. The highest BCUT2D eigenvalue weighted by Crippen LogP contribution is 2.18. The summed E-state index contributed by atoms with van der Waals surface area (Å²) in [6.07, 6.45) is 0. The van der Waals surface area contributed by atoms with Gasteiger partial charge in [0.15, 0.2) is 5.11 Å². The minimum absolute atomic E-state index is 0.581. The highest BCUT2D eigenvalue weighted by Gasteiger charge is 2.03. The van der Waals surface area contributed by atoms with Gasteiger partial charge < -0.3 is 15.5 Å². The minimum Gasteiger partial charge on any atom is -0.372 e. The summed E-state index contributed by atoms with van der Waals surface area (Å²) >= 11 is 8.75. The molecule has 2 rings (SSSR count). The van der Waals surface area contributed by atoms with Gasteiger partial charge in [0.25, 0.3) is 0 Å². The summed E-state index contributed by atoms with van der Waals surface area (Å²) in [7, 11) is 0. The second kappa shape index (κ2) is 8.15. The van der Waals surface area contributed by atoms with Crippen LogP contribution in [-0.2, 0) is 0 Å². The number of halogens is 1. The van der Waals surface area contributed by atoms with Crippen LogP contribution in [0.3, 0.4) is 0 Å². The number of benzene rings is 2. The number of thiocarbonyl (C=S) groups is 1. The van der Waals surface area contributed by atoms with Crippen molar-refractivity contribution in [1.29, 1.82) is 0 Å². The van der Waals surface area contributed by atoms with Crippen molar-refractivity contribution >= 4 is 50.3 Å². The molecule has 116 valence electrons. The maximum Gasteiger partial charge on any atom is 0.175 e. The maximum atomic E-state index is 5.34. The predicted molar refractivity (Wildman–Crippen MR) is 104 cm³/mol. The molecule has 0 atom stereocenters. The van der Waals surface area contributed by atoms with E-state index in [9.17, 15) is 0 Å². The van der Waals surface area contributed by atoms with E-state index in [-0.39, 0.29) is 0 Å². The molecule has 3 nitrogen and oxygen atoms in total. The molecule has 0 heterocycles. The van der Waals surface area contributed by atoms with Gasteiger partial charge in [-0.15, -0.1) is 0 Å². The SMILES string of the molecule is CCN(CC)c1ccc(NC(=S)Nc2ccc(Br)cc2)cc1. The second-order valence-electron chi connectivity index (χ2n) is 4.81. The van der Waals surface area contributed by atoms with Gasteiger partial charge in [-0.1, -0.05) is 15.9 Å². The molecule has 0 amide bonds. The van der Waals surface area contributed by atoms with Crippen molar-refractivity contribution in [2.45, 2.75) is 13.8 Å². The van der Waals surface area contributed by atoms with Crippen LogP contribution in [0.1, 0.15) is 13.8 Å². The zero-order valence-corrected chi connectivity index (χ0v) is 15.2. The van der Waals surface area contributed by atoms with Gasteiger partial charge in [0.05, 0.1) is 0 Å². The molecule has 0 aliphatic carbocycles. The molecule has 0 bridgehead atoms. The lowest BCUT2D eigenvalue weighted by atomic mass is 10.2. The lowest BCUT2D eigenvalue weighted by Crippen LogP contribution is -2.22. The topological polar surface area (TPSA) is 27.3 Å². The first-order chi connectivity index (χ1) is 10.6. The Morgan fingerprint density at radius 3 is 1.82 bits per heavy atom. The third-order valence-electron chi connectivity index (χ3n) is 3.36. The van der Waals surface area contributed by atoms with Gasteiger partial charge >= 0.3 is 0 Å². The Kier molecular flexibility index (Phi) is 6.21. The third-order valence-corrected chi connectivity index (χ3v) is 4.09. The lowest BCUT2D eigenvalue weighted by Gasteiger charge is -2.21. The van der Waals surface area contributed by atoms with E-state index in [1.54, 1.807) is 0 Å². The van der Waals surface area contributed by atoms with Crippen molar-refractivity contribution in [3.05, 3.63) is 53.0 Å². The summed E-state index contributed by atoms with van der Waals surface area (Å²) < 4.78 is 1.05. The van der Waals surface area contributed by atoms with Crippen LogP contribution >= 0.6 is 28.1 Å². The number of hydrogen-bond donors (Lipinski definition) is 2. The summed E-state index contributed by atoms with van der Waals surface area (Å²) in [6, 6.07) is 16.2. The van der Waals surface area contributed by atoms with E-state index in [4.69, 9.17) is 12.2 Å². The average Bonchev–Trinajstić information content (AvgIpc) is 2.52. The summed E-state index contributed by atoms with van der Waals surface area (Å²) in [6.45, 7) is 6.33. The largest absolute Gasteiger partial charge is 0.372 e. The van der Waals surface area contributed by atoms with Gasteiger partial charge in [-0.3, -0.25) is 0 Å². The lowest BCUT2D eigenvalue weighted by molar-refractivity contribution is 0.866. The van der Waals surface area contributed by atoms with Crippen LogP contribution < -0.4 is 15.5 Å². The summed E-state index contributed by atoms with van der Waals surface area (Å²) in [4.78, 5) is 2.31.